The van der Waals surface area contributed by atoms with Crippen molar-refractivity contribution in [3.8, 4) is 0 Å². The van der Waals surface area contributed by atoms with E-state index in [1.807, 2.05) is 0 Å². The van der Waals surface area contributed by atoms with Gasteiger partial charge in [-0.3, -0.25) is 0 Å². The van der Waals surface area contributed by atoms with E-state index in [0.717, 1.165) is 0 Å². The lowest BCUT2D eigenvalue weighted by atomic mass is 9.90. The molecule has 0 unspecified atom stereocenters. The second kappa shape index (κ2) is 3.62. The number of hydrogen-bond donors (Lipinski definition) is 1. The van der Waals surface area contributed by atoms with Crippen LogP contribution in [0.2, 0.25) is 0 Å². The first-order valence-corrected chi connectivity index (χ1v) is 3.91. The van der Waals surface area contributed by atoms with E-state index in [9.17, 15) is 13.2 Å². The molecule has 0 bridgehead atoms. The van der Waals surface area contributed by atoms with Crippen molar-refractivity contribution in [2.45, 2.75) is 37.6 Å². The quantitative estimate of drug-likeness (QED) is 0.718. The number of ether oxygens (including phenoxy) is 1. The molecule has 0 spiro atoms. The zero-order valence-corrected chi connectivity index (χ0v) is 6.60. The van der Waals surface area contributed by atoms with Gasteiger partial charge in [-0.25, -0.2) is 0 Å². The molecule has 0 atom stereocenters. The van der Waals surface area contributed by atoms with Crippen LogP contribution in [0.4, 0.5) is 13.2 Å². The highest BCUT2D eigenvalue weighted by Crippen LogP contribution is 2.24. The Balaban J connectivity index is 1.97. The summed E-state index contributed by atoms with van der Waals surface area (Å²) in [6.07, 6.45) is -3.62. The molecule has 0 amide bonds. The van der Waals surface area contributed by atoms with Gasteiger partial charge in [-0.1, -0.05) is 0 Å². The molecule has 2 N–H and O–H groups in total. The van der Waals surface area contributed by atoms with Gasteiger partial charge in [0.1, 0.15) is 0 Å². The molecule has 2 nitrogen and oxygen atoms in total. The molecule has 0 radical (unpaired) electrons. The third kappa shape index (κ3) is 3.40. The lowest BCUT2D eigenvalue weighted by Crippen LogP contribution is -2.42. The highest BCUT2D eigenvalue weighted by atomic mass is 19.4. The summed E-state index contributed by atoms with van der Waals surface area (Å²) in [6, 6.07) is 0.126. The van der Waals surface area contributed by atoms with Crippen molar-refractivity contribution in [1.29, 1.82) is 0 Å². The molecule has 0 aromatic rings. The minimum absolute atomic E-state index is 0.0395. The molecule has 1 rings (SSSR count). The second-order valence-electron chi connectivity index (χ2n) is 3.09. The number of rotatable bonds is 3. The zero-order valence-electron chi connectivity index (χ0n) is 6.60. The number of nitrogens with two attached hydrogens (primary N) is 1. The zero-order chi connectivity index (χ0) is 9.19. The minimum Gasteiger partial charge on any atom is -0.378 e. The van der Waals surface area contributed by atoms with Gasteiger partial charge in [0.25, 0.3) is 0 Å². The van der Waals surface area contributed by atoms with Crippen LogP contribution < -0.4 is 5.73 Å². The van der Waals surface area contributed by atoms with Crippen molar-refractivity contribution in [2.75, 3.05) is 6.61 Å². The van der Waals surface area contributed by atoms with Gasteiger partial charge in [0, 0.05) is 6.04 Å². The first-order chi connectivity index (χ1) is 5.47. The van der Waals surface area contributed by atoms with Crippen molar-refractivity contribution in [3.63, 3.8) is 0 Å². The fourth-order valence-electron chi connectivity index (χ4n) is 1.08. The van der Waals surface area contributed by atoms with Crippen molar-refractivity contribution in [2.24, 2.45) is 5.73 Å². The molecule has 72 valence electrons. The average Bonchev–Trinajstić information content (AvgIpc) is 1.81. The summed E-state index contributed by atoms with van der Waals surface area (Å²) < 4.78 is 39.7. The van der Waals surface area contributed by atoms with Crippen LogP contribution in [-0.2, 0) is 4.74 Å². The Labute approximate surface area is 68.9 Å². The third-order valence-corrected chi connectivity index (χ3v) is 1.87. The summed E-state index contributed by atoms with van der Waals surface area (Å²) in [5.41, 5.74) is 5.42. The van der Waals surface area contributed by atoms with E-state index in [2.05, 4.69) is 0 Å². The van der Waals surface area contributed by atoms with Gasteiger partial charge in [-0.2, -0.15) is 13.2 Å². The van der Waals surface area contributed by atoms with E-state index in [1.54, 1.807) is 0 Å². The Bertz CT molecular complexity index is 142. The standard InChI is InChI=1S/C7H12F3NO/c8-7(9,10)1-2-12-6-3-5(11)4-6/h5-6H,1-4,11H2. The predicted molar refractivity (Wildman–Crippen MR) is 37.6 cm³/mol. The largest absolute Gasteiger partial charge is 0.391 e. The van der Waals surface area contributed by atoms with Crippen LogP contribution >= 0.6 is 0 Å². The number of alkyl halides is 3. The number of halogens is 3. The molecular weight excluding hydrogens is 171 g/mol. The van der Waals surface area contributed by atoms with Gasteiger partial charge in [0.2, 0.25) is 0 Å². The highest BCUT2D eigenvalue weighted by molar-refractivity contribution is 4.82. The lowest BCUT2D eigenvalue weighted by molar-refractivity contribution is -0.152. The van der Waals surface area contributed by atoms with Crippen molar-refractivity contribution >= 4 is 0 Å². The van der Waals surface area contributed by atoms with Gasteiger partial charge in [-0.05, 0) is 12.8 Å². The van der Waals surface area contributed by atoms with Gasteiger partial charge < -0.3 is 10.5 Å². The maximum absolute atomic E-state index is 11.6. The van der Waals surface area contributed by atoms with E-state index in [1.165, 1.54) is 0 Å². The molecule has 1 aliphatic rings. The molecule has 12 heavy (non-hydrogen) atoms. The van der Waals surface area contributed by atoms with Crippen LogP contribution in [0.3, 0.4) is 0 Å². The molecular formula is C7H12F3NO. The second-order valence-corrected chi connectivity index (χ2v) is 3.09. The summed E-state index contributed by atoms with van der Waals surface area (Å²) >= 11 is 0. The van der Waals surface area contributed by atoms with E-state index >= 15 is 0 Å². The van der Waals surface area contributed by atoms with Crippen LogP contribution in [0.1, 0.15) is 19.3 Å². The van der Waals surface area contributed by atoms with Gasteiger partial charge in [0.15, 0.2) is 0 Å². The van der Waals surface area contributed by atoms with E-state index in [4.69, 9.17) is 10.5 Å². The SMILES string of the molecule is NC1CC(OCCC(F)(F)F)C1. The molecule has 0 saturated heterocycles. The molecule has 1 saturated carbocycles. The number of hydrogen-bond acceptors (Lipinski definition) is 2. The Kier molecular flexibility index (Phi) is 2.95. The van der Waals surface area contributed by atoms with E-state index in [0.29, 0.717) is 12.8 Å². The van der Waals surface area contributed by atoms with Crippen LogP contribution in [0.5, 0.6) is 0 Å². The van der Waals surface area contributed by atoms with Crippen LogP contribution in [-0.4, -0.2) is 24.9 Å². The van der Waals surface area contributed by atoms with E-state index in [-0.39, 0.29) is 18.8 Å². The van der Waals surface area contributed by atoms with Crippen molar-refractivity contribution in [1.82, 2.24) is 0 Å². The average molecular weight is 183 g/mol. The Morgan fingerprint density at radius 1 is 1.33 bits per heavy atom. The summed E-state index contributed by atoms with van der Waals surface area (Å²) in [5.74, 6) is 0. The smallest absolute Gasteiger partial charge is 0.378 e. The normalized spacial score (nSPS) is 30.0. The maximum atomic E-state index is 11.6. The molecule has 1 aliphatic carbocycles. The topological polar surface area (TPSA) is 35.2 Å². The van der Waals surface area contributed by atoms with Crippen LogP contribution in [0.25, 0.3) is 0 Å². The van der Waals surface area contributed by atoms with E-state index < -0.39 is 12.6 Å². The molecule has 0 aliphatic heterocycles. The Hall–Kier alpha value is -0.290. The molecule has 1 fully saturated rings. The maximum Gasteiger partial charge on any atom is 0.391 e. The molecule has 0 heterocycles. The van der Waals surface area contributed by atoms with Crippen molar-refractivity contribution < 1.29 is 17.9 Å². The Morgan fingerprint density at radius 3 is 2.33 bits per heavy atom. The minimum atomic E-state index is -4.11. The first kappa shape index (κ1) is 9.80. The summed E-state index contributed by atoms with van der Waals surface area (Å²) in [6.45, 7) is -0.235. The highest BCUT2D eigenvalue weighted by Gasteiger charge is 2.30. The predicted octanol–water partition coefficient (Wildman–Crippen LogP) is 1.45. The molecule has 0 aromatic carbocycles. The third-order valence-electron chi connectivity index (χ3n) is 1.87. The Morgan fingerprint density at radius 2 is 1.92 bits per heavy atom. The monoisotopic (exact) mass is 183 g/mol. The van der Waals surface area contributed by atoms with Crippen molar-refractivity contribution in [3.05, 3.63) is 0 Å². The van der Waals surface area contributed by atoms with Gasteiger partial charge in [0.05, 0.1) is 19.1 Å². The molecule has 0 aromatic heterocycles. The van der Waals surface area contributed by atoms with Crippen LogP contribution in [0.15, 0.2) is 0 Å². The fourth-order valence-corrected chi connectivity index (χ4v) is 1.08. The first-order valence-electron chi connectivity index (χ1n) is 3.91. The van der Waals surface area contributed by atoms with Gasteiger partial charge in [-0.15, -0.1) is 0 Å². The molecule has 5 heteroatoms. The summed E-state index contributed by atoms with van der Waals surface area (Å²) in [7, 11) is 0. The fraction of sp³-hybridized carbons (Fsp3) is 1.00. The van der Waals surface area contributed by atoms with Crippen LogP contribution in [0, 0.1) is 0 Å². The lowest BCUT2D eigenvalue weighted by Gasteiger charge is -2.32. The summed E-state index contributed by atoms with van der Waals surface area (Å²) in [5, 5.41) is 0. The summed E-state index contributed by atoms with van der Waals surface area (Å²) in [4.78, 5) is 0. The van der Waals surface area contributed by atoms with Gasteiger partial charge >= 0.3 is 6.18 Å².